The maximum Gasteiger partial charge on any atom is 0.221 e. The summed E-state index contributed by atoms with van der Waals surface area (Å²) in [5.41, 5.74) is 6.22. The highest BCUT2D eigenvalue weighted by Gasteiger charge is 2.35. The van der Waals surface area contributed by atoms with Crippen LogP contribution in [0, 0.1) is 11.3 Å². The zero-order valence-corrected chi connectivity index (χ0v) is 12.6. The van der Waals surface area contributed by atoms with Gasteiger partial charge in [-0.2, -0.15) is 0 Å². The molecule has 0 spiro atoms. The number of amides is 1. The van der Waals surface area contributed by atoms with Crippen LogP contribution in [0.4, 0.5) is 0 Å². The van der Waals surface area contributed by atoms with Crippen molar-refractivity contribution in [1.29, 1.82) is 0 Å². The van der Waals surface area contributed by atoms with Crippen LogP contribution in [0.1, 0.15) is 39.2 Å². The van der Waals surface area contributed by atoms with Crippen LogP contribution in [0.25, 0.3) is 0 Å². The number of carbonyl (C=O) groups excluding carboxylic acids is 1. The molecular formula is C14H19Cl2NO. The lowest BCUT2D eigenvalue weighted by Gasteiger charge is -2.33. The van der Waals surface area contributed by atoms with Gasteiger partial charge in [-0.25, -0.2) is 0 Å². The summed E-state index contributed by atoms with van der Waals surface area (Å²) >= 11 is 12.1. The lowest BCUT2D eigenvalue weighted by Crippen LogP contribution is -2.37. The second-order valence-electron chi connectivity index (χ2n) is 5.70. The molecule has 2 atom stereocenters. The Morgan fingerprint density at radius 1 is 1.28 bits per heavy atom. The average molecular weight is 288 g/mol. The van der Waals surface area contributed by atoms with Crippen LogP contribution in [-0.2, 0) is 4.79 Å². The van der Waals surface area contributed by atoms with Gasteiger partial charge in [-0.05, 0) is 29.0 Å². The zero-order chi connectivity index (χ0) is 14.1. The lowest BCUT2D eigenvalue weighted by molar-refractivity contribution is -0.125. The smallest absolute Gasteiger partial charge is 0.221 e. The highest BCUT2D eigenvalue weighted by Crippen LogP contribution is 2.40. The van der Waals surface area contributed by atoms with E-state index < -0.39 is 0 Å². The van der Waals surface area contributed by atoms with Crippen LogP contribution in [0.3, 0.4) is 0 Å². The maximum absolute atomic E-state index is 11.7. The molecule has 2 unspecified atom stereocenters. The zero-order valence-electron chi connectivity index (χ0n) is 11.1. The van der Waals surface area contributed by atoms with Crippen molar-refractivity contribution in [2.24, 2.45) is 17.1 Å². The third kappa shape index (κ3) is 3.39. The van der Waals surface area contributed by atoms with Gasteiger partial charge < -0.3 is 5.73 Å². The van der Waals surface area contributed by atoms with E-state index in [4.69, 9.17) is 28.9 Å². The molecule has 0 fully saturated rings. The lowest BCUT2D eigenvalue weighted by atomic mass is 9.71. The molecule has 1 aromatic carbocycles. The minimum absolute atomic E-state index is 0.0488. The van der Waals surface area contributed by atoms with Gasteiger partial charge >= 0.3 is 0 Å². The van der Waals surface area contributed by atoms with Gasteiger partial charge in [0.15, 0.2) is 0 Å². The Morgan fingerprint density at radius 3 is 2.22 bits per heavy atom. The van der Waals surface area contributed by atoms with E-state index in [2.05, 4.69) is 0 Å². The number of carbonyl (C=O) groups is 1. The molecule has 0 aliphatic heterocycles. The summed E-state index contributed by atoms with van der Waals surface area (Å²) in [6.45, 7) is 7.98. The third-order valence-electron chi connectivity index (χ3n) is 3.19. The van der Waals surface area contributed by atoms with Crippen LogP contribution in [0.15, 0.2) is 18.2 Å². The van der Waals surface area contributed by atoms with E-state index in [1.165, 1.54) is 0 Å². The monoisotopic (exact) mass is 287 g/mol. The van der Waals surface area contributed by atoms with Crippen LogP contribution in [0.2, 0.25) is 10.0 Å². The topological polar surface area (TPSA) is 43.1 Å². The number of halogens is 2. The average Bonchev–Trinajstić information content (AvgIpc) is 2.13. The van der Waals surface area contributed by atoms with Crippen LogP contribution in [-0.4, -0.2) is 5.91 Å². The summed E-state index contributed by atoms with van der Waals surface area (Å²) in [7, 11) is 0. The standard InChI is InChI=1S/C14H19Cl2NO/c1-8(12(13(17)18)14(2,3)4)10-6-5-9(15)7-11(10)16/h5-8,12H,1-4H3,(H2,17,18). The highest BCUT2D eigenvalue weighted by molar-refractivity contribution is 6.35. The highest BCUT2D eigenvalue weighted by atomic mass is 35.5. The van der Waals surface area contributed by atoms with Gasteiger partial charge in [-0.3, -0.25) is 4.79 Å². The summed E-state index contributed by atoms with van der Waals surface area (Å²) in [4.78, 5) is 11.7. The van der Waals surface area contributed by atoms with Crippen molar-refractivity contribution in [1.82, 2.24) is 0 Å². The van der Waals surface area contributed by atoms with Crippen molar-refractivity contribution in [3.8, 4) is 0 Å². The van der Waals surface area contributed by atoms with Crippen LogP contribution >= 0.6 is 23.2 Å². The fourth-order valence-electron chi connectivity index (χ4n) is 2.47. The van der Waals surface area contributed by atoms with E-state index in [9.17, 15) is 4.79 Å². The van der Waals surface area contributed by atoms with E-state index in [0.29, 0.717) is 10.0 Å². The number of hydrogen-bond donors (Lipinski definition) is 1. The van der Waals surface area contributed by atoms with Crippen molar-refractivity contribution in [3.63, 3.8) is 0 Å². The Morgan fingerprint density at radius 2 is 1.83 bits per heavy atom. The van der Waals surface area contributed by atoms with Gasteiger partial charge in [0.25, 0.3) is 0 Å². The van der Waals surface area contributed by atoms with Gasteiger partial charge in [0.1, 0.15) is 0 Å². The number of benzene rings is 1. The molecule has 1 amide bonds. The van der Waals surface area contributed by atoms with Gasteiger partial charge in [0.2, 0.25) is 5.91 Å². The first-order valence-corrected chi connectivity index (χ1v) is 6.64. The molecule has 2 nitrogen and oxygen atoms in total. The second kappa shape index (κ2) is 5.50. The summed E-state index contributed by atoms with van der Waals surface area (Å²) in [6, 6.07) is 5.33. The predicted octanol–water partition coefficient (Wildman–Crippen LogP) is 4.24. The molecule has 18 heavy (non-hydrogen) atoms. The molecule has 0 bridgehead atoms. The van der Waals surface area contributed by atoms with E-state index >= 15 is 0 Å². The molecule has 0 saturated heterocycles. The number of primary amides is 1. The van der Waals surface area contributed by atoms with Crippen molar-refractivity contribution in [2.75, 3.05) is 0 Å². The minimum atomic E-state index is -0.305. The van der Waals surface area contributed by atoms with Crippen LogP contribution in [0.5, 0.6) is 0 Å². The van der Waals surface area contributed by atoms with Gasteiger partial charge in [0, 0.05) is 16.0 Å². The first-order valence-electron chi connectivity index (χ1n) is 5.89. The Bertz CT molecular complexity index is 452. The Labute approximate surface area is 118 Å². The normalized spacial score (nSPS) is 15.2. The molecule has 0 saturated carbocycles. The van der Waals surface area contributed by atoms with Crippen LogP contribution < -0.4 is 5.73 Å². The van der Waals surface area contributed by atoms with Crippen molar-refractivity contribution in [2.45, 2.75) is 33.6 Å². The Kier molecular flexibility index (Phi) is 4.68. The summed E-state index contributed by atoms with van der Waals surface area (Å²) in [5, 5.41) is 1.16. The predicted molar refractivity (Wildman–Crippen MR) is 77.0 cm³/mol. The van der Waals surface area contributed by atoms with E-state index in [1.54, 1.807) is 12.1 Å². The molecule has 0 radical (unpaired) electrons. The fourth-order valence-corrected chi connectivity index (χ4v) is 3.05. The van der Waals surface area contributed by atoms with Gasteiger partial charge in [0.05, 0.1) is 0 Å². The van der Waals surface area contributed by atoms with E-state index in [0.717, 1.165) is 5.56 Å². The van der Waals surface area contributed by atoms with Crippen molar-refractivity contribution >= 4 is 29.1 Å². The summed E-state index contributed by atoms with van der Waals surface area (Å²) in [5.74, 6) is -0.635. The molecule has 1 aromatic rings. The Hall–Kier alpha value is -0.730. The SMILES string of the molecule is CC(c1ccc(Cl)cc1Cl)C(C(N)=O)C(C)(C)C. The molecule has 0 heterocycles. The molecule has 2 N–H and O–H groups in total. The molecule has 0 aliphatic rings. The number of rotatable bonds is 3. The molecule has 0 aliphatic carbocycles. The minimum Gasteiger partial charge on any atom is -0.369 e. The molecular weight excluding hydrogens is 269 g/mol. The molecule has 100 valence electrons. The summed E-state index contributed by atoms with van der Waals surface area (Å²) in [6.07, 6.45) is 0. The first kappa shape index (κ1) is 15.3. The fraction of sp³-hybridized carbons (Fsp3) is 0.500. The summed E-state index contributed by atoms with van der Waals surface area (Å²) < 4.78 is 0. The molecule has 0 aromatic heterocycles. The van der Waals surface area contributed by atoms with Crippen molar-refractivity contribution < 1.29 is 4.79 Å². The van der Waals surface area contributed by atoms with Gasteiger partial charge in [-0.15, -0.1) is 0 Å². The number of hydrogen-bond acceptors (Lipinski definition) is 1. The number of nitrogens with two attached hydrogens (primary N) is 1. The quantitative estimate of drug-likeness (QED) is 0.888. The maximum atomic E-state index is 11.7. The van der Waals surface area contributed by atoms with E-state index in [1.807, 2.05) is 33.8 Å². The largest absolute Gasteiger partial charge is 0.369 e. The second-order valence-corrected chi connectivity index (χ2v) is 6.54. The molecule has 1 rings (SSSR count). The molecule has 4 heteroatoms. The third-order valence-corrected chi connectivity index (χ3v) is 3.76. The van der Waals surface area contributed by atoms with Crippen molar-refractivity contribution in [3.05, 3.63) is 33.8 Å². The van der Waals surface area contributed by atoms with E-state index in [-0.39, 0.29) is 23.2 Å². The first-order chi connectivity index (χ1) is 8.14. The van der Waals surface area contributed by atoms with Gasteiger partial charge in [-0.1, -0.05) is 57.0 Å². The Balaban J connectivity index is 3.18.